The molecule has 11 rings (SSSR count). The van der Waals surface area contributed by atoms with Crippen LogP contribution in [-0.2, 0) is 0 Å². The van der Waals surface area contributed by atoms with Gasteiger partial charge in [-0.25, -0.2) is 4.98 Å². The van der Waals surface area contributed by atoms with E-state index in [1.165, 1.54) is 43.4 Å². The standard InChI is InChI=1S/C51H33N3O/c1-3-14-37(15-4-1)51-52-50-46(20-11-21-48(50)55-51)53(41-27-24-35(25-28-41)39-23-22-34-12-7-8-16-38(34)32-39)42-29-30-44-47(33-42)54(40-17-5-2-6-18-40)45-31-26-36-13-9-10-19-43(36)49(44)45/h1-33H. The van der Waals surface area contributed by atoms with Crippen LogP contribution in [0.4, 0.5) is 17.1 Å². The summed E-state index contributed by atoms with van der Waals surface area (Å²) in [4.78, 5) is 7.45. The minimum absolute atomic E-state index is 0.598. The summed E-state index contributed by atoms with van der Waals surface area (Å²) in [5, 5.41) is 7.40. The van der Waals surface area contributed by atoms with Crippen molar-refractivity contribution in [1.82, 2.24) is 9.55 Å². The van der Waals surface area contributed by atoms with Crippen LogP contribution in [-0.4, -0.2) is 9.55 Å². The van der Waals surface area contributed by atoms with Crippen molar-refractivity contribution in [2.24, 2.45) is 0 Å². The number of rotatable bonds is 6. The molecule has 2 aromatic heterocycles. The van der Waals surface area contributed by atoms with Crippen molar-refractivity contribution in [2.75, 3.05) is 4.90 Å². The maximum Gasteiger partial charge on any atom is 0.227 e. The summed E-state index contributed by atoms with van der Waals surface area (Å²) in [5.41, 5.74) is 11.2. The number of para-hydroxylation sites is 2. The molecule has 0 bridgehead atoms. The lowest BCUT2D eigenvalue weighted by Crippen LogP contribution is -2.10. The number of benzene rings is 9. The predicted octanol–water partition coefficient (Wildman–Crippen LogP) is 14.0. The SMILES string of the molecule is c1ccc(-c2nc3c(N(c4ccc(-c5ccc6ccccc6c5)cc4)c4ccc5c6c7ccccc7ccc6n(-c6ccccc6)c5c4)cccc3o2)cc1. The van der Waals surface area contributed by atoms with Crippen molar-refractivity contribution in [2.45, 2.75) is 0 Å². The molecule has 0 saturated carbocycles. The average molecular weight is 704 g/mol. The van der Waals surface area contributed by atoms with Crippen molar-refractivity contribution in [3.63, 3.8) is 0 Å². The van der Waals surface area contributed by atoms with Gasteiger partial charge in [-0.05, 0) is 105 Å². The Labute approximate surface area is 317 Å². The lowest BCUT2D eigenvalue weighted by Gasteiger charge is -2.26. The molecule has 0 aliphatic carbocycles. The summed E-state index contributed by atoms with van der Waals surface area (Å²) in [6.07, 6.45) is 0. The number of fused-ring (bicyclic) bond motifs is 7. The molecule has 11 aromatic rings. The van der Waals surface area contributed by atoms with E-state index >= 15 is 0 Å². The van der Waals surface area contributed by atoms with Gasteiger partial charge < -0.3 is 13.9 Å². The first-order valence-electron chi connectivity index (χ1n) is 18.6. The van der Waals surface area contributed by atoms with Crippen molar-refractivity contribution in [3.05, 3.63) is 200 Å². The first-order chi connectivity index (χ1) is 27.3. The Morgan fingerprint density at radius 2 is 1.13 bits per heavy atom. The number of hydrogen-bond donors (Lipinski definition) is 0. The van der Waals surface area contributed by atoms with Gasteiger partial charge in [-0.2, -0.15) is 0 Å². The van der Waals surface area contributed by atoms with Gasteiger partial charge in [-0.3, -0.25) is 0 Å². The van der Waals surface area contributed by atoms with E-state index in [4.69, 9.17) is 9.40 Å². The molecule has 0 unspecified atom stereocenters. The molecular formula is C51H33N3O. The fourth-order valence-electron chi connectivity index (χ4n) is 8.19. The summed E-state index contributed by atoms with van der Waals surface area (Å²) < 4.78 is 8.81. The quantitative estimate of drug-likeness (QED) is 0.173. The van der Waals surface area contributed by atoms with Crippen LogP contribution in [0.15, 0.2) is 205 Å². The van der Waals surface area contributed by atoms with Gasteiger partial charge in [0, 0.05) is 33.4 Å². The number of aromatic nitrogens is 2. The molecule has 0 saturated heterocycles. The third-order valence-corrected chi connectivity index (χ3v) is 10.8. The first-order valence-corrected chi connectivity index (χ1v) is 18.6. The van der Waals surface area contributed by atoms with Crippen molar-refractivity contribution < 1.29 is 4.42 Å². The van der Waals surface area contributed by atoms with Gasteiger partial charge in [-0.1, -0.05) is 127 Å². The molecule has 0 fully saturated rings. The minimum atomic E-state index is 0.598. The highest BCUT2D eigenvalue weighted by atomic mass is 16.3. The number of oxazole rings is 1. The van der Waals surface area contributed by atoms with Crippen LogP contribution in [0.3, 0.4) is 0 Å². The Hall–Kier alpha value is -7.43. The normalized spacial score (nSPS) is 11.6. The highest BCUT2D eigenvalue weighted by Crippen LogP contribution is 2.44. The Balaban J connectivity index is 1.14. The zero-order chi connectivity index (χ0) is 36.3. The second-order valence-electron chi connectivity index (χ2n) is 14.0. The molecular weight excluding hydrogens is 671 g/mol. The molecule has 9 aromatic carbocycles. The van der Waals surface area contributed by atoms with E-state index in [1.807, 2.05) is 36.4 Å². The van der Waals surface area contributed by atoms with Crippen LogP contribution in [0.2, 0.25) is 0 Å². The largest absolute Gasteiger partial charge is 0.436 e. The summed E-state index contributed by atoms with van der Waals surface area (Å²) in [6.45, 7) is 0. The van der Waals surface area contributed by atoms with Gasteiger partial charge >= 0.3 is 0 Å². The van der Waals surface area contributed by atoms with Gasteiger partial charge in [0.2, 0.25) is 5.89 Å². The second kappa shape index (κ2) is 12.6. The molecule has 0 atom stereocenters. The average Bonchev–Trinajstić information content (AvgIpc) is 3.85. The third-order valence-electron chi connectivity index (χ3n) is 10.8. The molecule has 4 nitrogen and oxygen atoms in total. The first kappa shape index (κ1) is 31.1. The summed E-state index contributed by atoms with van der Waals surface area (Å²) in [5.74, 6) is 0.598. The van der Waals surface area contributed by atoms with Crippen molar-refractivity contribution >= 4 is 71.5 Å². The Kier molecular flexibility index (Phi) is 7.14. The van der Waals surface area contributed by atoms with Crippen molar-refractivity contribution in [1.29, 1.82) is 0 Å². The van der Waals surface area contributed by atoms with E-state index in [2.05, 4.69) is 173 Å². The highest BCUT2D eigenvalue weighted by molar-refractivity contribution is 6.21. The van der Waals surface area contributed by atoms with Gasteiger partial charge in [-0.15, -0.1) is 0 Å². The van der Waals surface area contributed by atoms with E-state index in [9.17, 15) is 0 Å². The van der Waals surface area contributed by atoms with E-state index in [0.717, 1.165) is 50.5 Å². The molecule has 0 radical (unpaired) electrons. The minimum Gasteiger partial charge on any atom is -0.436 e. The van der Waals surface area contributed by atoms with Crippen LogP contribution < -0.4 is 4.90 Å². The summed E-state index contributed by atoms with van der Waals surface area (Å²) >= 11 is 0. The zero-order valence-electron chi connectivity index (χ0n) is 29.8. The maximum atomic E-state index is 6.41. The molecule has 0 amide bonds. The van der Waals surface area contributed by atoms with Crippen LogP contribution >= 0.6 is 0 Å². The van der Waals surface area contributed by atoms with E-state index in [0.29, 0.717) is 5.89 Å². The Bertz CT molecular complexity index is 3200. The van der Waals surface area contributed by atoms with E-state index in [-0.39, 0.29) is 0 Å². The summed E-state index contributed by atoms with van der Waals surface area (Å²) in [7, 11) is 0. The Morgan fingerprint density at radius 3 is 1.96 bits per heavy atom. The molecule has 0 spiro atoms. The molecule has 258 valence electrons. The predicted molar refractivity (Wildman–Crippen MR) is 229 cm³/mol. The fraction of sp³-hybridized carbons (Fsp3) is 0. The molecule has 2 heterocycles. The molecule has 55 heavy (non-hydrogen) atoms. The molecule has 0 aliphatic heterocycles. The van der Waals surface area contributed by atoms with E-state index < -0.39 is 0 Å². The number of nitrogens with zero attached hydrogens (tertiary/aromatic N) is 3. The smallest absolute Gasteiger partial charge is 0.227 e. The Morgan fingerprint density at radius 1 is 0.436 bits per heavy atom. The van der Waals surface area contributed by atoms with Crippen molar-refractivity contribution in [3.8, 4) is 28.3 Å². The molecule has 0 aliphatic rings. The fourth-order valence-corrected chi connectivity index (χ4v) is 8.19. The summed E-state index contributed by atoms with van der Waals surface area (Å²) in [6, 6.07) is 71.0. The maximum absolute atomic E-state index is 6.41. The van der Waals surface area contributed by atoms with Gasteiger partial charge in [0.05, 0.1) is 16.7 Å². The number of anilines is 3. The molecule has 4 heteroatoms. The van der Waals surface area contributed by atoms with Gasteiger partial charge in [0.25, 0.3) is 0 Å². The lowest BCUT2D eigenvalue weighted by molar-refractivity contribution is 0.620. The van der Waals surface area contributed by atoms with Crippen LogP contribution in [0, 0.1) is 0 Å². The van der Waals surface area contributed by atoms with Crippen LogP contribution in [0.1, 0.15) is 0 Å². The topological polar surface area (TPSA) is 34.2 Å². The lowest BCUT2D eigenvalue weighted by atomic mass is 10.0. The van der Waals surface area contributed by atoms with Gasteiger partial charge in [0.1, 0.15) is 5.52 Å². The third kappa shape index (κ3) is 5.19. The highest BCUT2D eigenvalue weighted by Gasteiger charge is 2.22. The monoisotopic (exact) mass is 703 g/mol. The zero-order valence-corrected chi connectivity index (χ0v) is 29.8. The second-order valence-corrected chi connectivity index (χ2v) is 14.0. The van der Waals surface area contributed by atoms with Crippen LogP contribution in [0.25, 0.3) is 82.7 Å². The number of hydrogen-bond acceptors (Lipinski definition) is 3. The van der Waals surface area contributed by atoms with Crippen LogP contribution in [0.5, 0.6) is 0 Å². The molecule has 0 N–H and O–H groups in total. The van der Waals surface area contributed by atoms with E-state index in [1.54, 1.807) is 0 Å². The van der Waals surface area contributed by atoms with Gasteiger partial charge in [0.15, 0.2) is 5.58 Å².